The minimum Gasteiger partial charge on any atom is -0.0622 e. The molecule has 0 saturated carbocycles. The quantitative estimate of drug-likeness (QED) is 0.741. The summed E-state index contributed by atoms with van der Waals surface area (Å²) in [6.07, 6.45) is 0. The Labute approximate surface area is 99.1 Å². The van der Waals surface area contributed by atoms with Gasteiger partial charge in [-0.25, -0.2) is 0 Å². The zero-order valence-electron chi connectivity index (χ0n) is 8.65. The molecule has 1 unspecified atom stereocenters. The molecule has 0 heterocycles. The van der Waals surface area contributed by atoms with E-state index in [1.165, 1.54) is 11.1 Å². The van der Waals surface area contributed by atoms with E-state index in [0.29, 0.717) is 5.92 Å². The van der Waals surface area contributed by atoms with E-state index in [1.54, 1.807) is 0 Å². The maximum Gasteiger partial charge on any atom is 0.0175 e. The molecule has 15 heavy (non-hydrogen) atoms. The van der Waals surface area contributed by atoms with Crippen LogP contribution in [0.1, 0.15) is 24.0 Å². The number of halogens is 1. The van der Waals surface area contributed by atoms with Gasteiger partial charge in [0.2, 0.25) is 0 Å². The molecule has 0 saturated heterocycles. The van der Waals surface area contributed by atoms with Crippen LogP contribution in [0.15, 0.2) is 59.1 Å². The van der Waals surface area contributed by atoms with Gasteiger partial charge in [0.05, 0.1) is 0 Å². The fourth-order valence-corrected chi connectivity index (χ4v) is 1.95. The monoisotopic (exact) mass is 260 g/mol. The van der Waals surface area contributed by atoms with Gasteiger partial charge in [0.15, 0.2) is 0 Å². The van der Waals surface area contributed by atoms with Crippen molar-refractivity contribution in [1.29, 1.82) is 0 Å². The lowest BCUT2D eigenvalue weighted by Gasteiger charge is -2.12. The average Bonchev–Trinajstić information content (AvgIpc) is 2.30. The van der Waals surface area contributed by atoms with Crippen LogP contribution in [0, 0.1) is 0 Å². The van der Waals surface area contributed by atoms with Crippen molar-refractivity contribution in [3.8, 4) is 0 Å². The lowest BCUT2D eigenvalue weighted by Crippen LogP contribution is -1.94. The van der Waals surface area contributed by atoms with Crippen LogP contribution >= 0.6 is 15.9 Å². The smallest absolute Gasteiger partial charge is 0.0175 e. The molecule has 2 aromatic rings. The molecule has 2 aromatic carbocycles. The third-order valence-electron chi connectivity index (χ3n) is 2.67. The highest BCUT2D eigenvalue weighted by atomic mass is 79.9. The average molecular weight is 261 g/mol. The highest BCUT2D eigenvalue weighted by molar-refractivity contribution is 9.10. The first kappa shape index (κ1) is 10.4. The van der Waals surface area contributed by atoms with Crippen LogP contribution in [0.2, 0.25) is 0 Å². The second-order valence-corrected chi connectivity index (χ2v) is 4.60. The van der Waals surface area contributed by atoms with Crippen molar-refractivity contribution in [2.24, 2.45) is 0 Å². The Kier molecular flexibility index (Phi) is 3.22. The Bertz CT molecular complexity index is 417. The van der Waals surface area contributed by atoms with Gasteiger partial charge in [-0.05, 0) is 23.3 Å². The molecule has 0 amide bonds. The maximum absolute atomic E-state index is 3.45. The predicted molar refractivity (Wildman–Crippen MR) is 68.1 cm³/mol. The molecule has 0 aliphatic rings. The summed E-state index contributed by atoms with van der Waals surface area (Å²) in [5, 5.41) is 0. The second kappa shape index (κ2) is 4.63. The van der Waals surface area contributed by atoms with Gasteiger partial charge in [-0.3, -0.25) is 0 Å². The minimum atomic E-state index is 0.458. The van der Waals surface area contributed by atoms with Gasteiger partial charge < -0.3 is 0 Å². The molecular formula is C14H13Br. The van der Waals surface area contributed by atoms with Crippen LogP contribution in [0.25, 0.3) is 0 Å². The lowest BCUT2D eigenvalue weighted by molar-refractivity contribution is 0.922. The molecule has 0 bridgehead atoms. The SMILES string of the molecule is CC(c1ccccc1)c1ccc(Br)cc1. The Morgan fingerprint density at radius 1 is 0.800 bits per heavy atom. The number of rotatable bonds is 2. The van der Waals surface area contributed by atoms with Crippen LogP contribution < -0.4 is 0 Å². The third-order valence-corrected chi connectivity index (χ3v) is 3.20. The van der Waals surface area contributed by atoms with Crippen LogP contribution in [0.3, 0.4) is 0 Å². The summed E-state index contributed by atoms with van der Waals surface area (Å²) < 4.78 is 1.13. The minimum absolute atomic E-state index is 0.458. The van der Waals surface area contributed by atoms with Gasteiger partial charge in [-0.15, -0.1) is 0 Å². The summed E-state index contributed by atoms with van der Waals surface area (Å²) in [7, 11) is 0. The zero-order chi connectivity index (χ0) is 10.7. The molecule has 1 heteroatoms. The first-order valence-electron chi connectivity index (χ1n) is 5.08. The van der Waals surface area contributed by atoms with E-state index >= 15 is 0 Å². The molecule has 76 valence electrons. The summed E-state index contributed by atoms with van der Waals surface area (Å²) in [5.41, 5.74) is 2.71. The Morgan fingerprint density at radius 2 is 1.33 bits per heavy atom. The van der Waals surface area contributed by atoms with Crippen molar-refractivity contribution in [1.82, 2.24) is 0 Å². The van der Waals surface area contributed by atoms with E-state index in [-0.39, 0.29) is 0 Å². The van der Waals surface area contributed by atoms with E-state index in [4.69, 9.17) is 0 Å². The van der Waals surface area contributed by atoms with Gasteiger partial charge in [0.1, 0.15) is 0 Å². The van der Waals surface area contributed by atoms with Crippen molar-refractivity contribution in [3.63, 3.8) is 0 Å². The van der Waals surface area contributed by atoms with E-state index in [1.807, 2.05) is 0 Å². The number of benzene rings is 2. The molecule has 0 fully saturated rings. The van der Waals surface area contributed by atoms with Gasteiger partial charge in [-0.1, -0.05) is 65.3 Å². The van der Waals surface area contributed by atoms with Crippen molar-refractivity contribution < 1.29 is 0 Å². The Morgan fingerprint density at radius 3 is 1.93 bits per heavy atom. The normalized spacial score (nSPS) is 12.4. The highest BCUT2D eigenvalue weighted by Crippen LogP contribution is 2.24. The van der Waals surface area contributed by atoms with Crippen molar-refractivity contribution >= 4 is 15.9 Å². The summed E-state index contributed by atoms with van der Waals surface area (Å²) in [6.45, 7) is 2.23. The van der Waals surface area contributed by atoms with E-state index < -0.39 is 0 Å². The molecule has 0 N–H and O–H groups in total. The van der Waals surface area contributed by atoms with Gasteiger partial charge in [0, 0.05) is 10.4 Å². The number of hydrogen-bond donors (Lipinski definition) is 0. The zero-order valence-corrected chi connectivity index (χ0v) is 10.2. The van der Waals surface area contributed by atoms with Crippen LogP contribution in [0.5, 0.6) is 0 Å². The van der Waals surface area contributed by atoms with Crippen LogP contribution in [0.4, 0.5) is 0 Å². The largest absolute Gasteiger partial charge is 0.0622 e. The predicted octanol–water partition coefficient (Wildman–Crippen LogP) is 4.60. The van der Waals surface area contributed by atoms with E-state index in [9.17, 15) is 0 Å². The van der Waals surface area contributed by atoms with Gasteiger partial charge in [0.25, 0.3) is 0 Å². The Hall–Kier alpha value is -1.08. The first-order valence-corrected chi connectivity index (χ1v) is 5.87. The van der Waals surface area contributed by atoms with Crippen molar-refractivity contribution in [2.75, 3.05) is 0 Å². The fraction of sp³-hybridized carbons (Fsp3) is 0.143. The van der Waals surface area contributed by atoms with Crippen molar-refractivity contribution in [2.45, 2.75) is 12.8 Å². The van der Waals surface area contributed by atoms with E-state index in [2.05, 4.69) is 77.5 Å². The molecule has 0 spiro atoms. The summed E-state index contributed by atoms with van der Waals surface area (Å²) in [4.78, 5) is 0. The molecule has 0 aliphatic heterocycles. The second-order valence-electron chi connectivity index (χ2n) is 3.68. The topological polar surface area (TPSA) is 0 Å². The number of hydrogen-bond acceptors (Lipinski definition) is 0. The summed E-state index contributed by atoms with van der Waals surface area (Å²) in [6, 6.07) is 19.1. The molecular weight excluding hydrogens is 248 g/mol. The standard InChI is InChI=1S/C14H13Br/c1-11(12-5-3-2-4-6-12)13-7-9-14(15)10-8-13/h2-11H,1H3. The summed E-state index contributed by atoms with van der Waals surface area (Å²) >= 11 is 3.45. The van der Waals surface area contributed by atoms with Gasteiger partial charge in [-0.2, -0.15) is 0 Å². The third kappa shape index (κ3) is 2.48. The fourth-order valence-electron chi connectivity index (χ4n) is 1.69. The molecule has 1 atom stereocenters. The van der Waals surface area contributed by atoms with E-state index in [0.717, 1.165) is 4.47 Å². The Balaban J connectivity index is 2.29. The first-order chi connectivity index (χ1) is 7.27. The molecule has 0 nitrogen and oxygen atoms in total. The highest BCUT2D eigenvalue weighted by Gasteiger charge is 2.06. The van der Waals surface area contributed by atoms with Gasteiger partial charge >= 0.3 is 0 Å². The van der Waals surface area contributed by atoms with Crippen molar-refractivity contribution in [3.05, 3.63) is 70.2 Å². The van der Waals surface area contributed by atoms with Crippen LogP contribution in [-0.4, -0.2) is 0 Å². The molecule has 2 rings (SSSR count). The molecule has 0 aliphatic carbocycles. The van der Waals surface area contributed by atoms with Crippen LogP contribution in [-0.2, 0) is 0 Å². The molecule has 0 aromatic heterocycles. The summed E-state index contributed by atoms with van der Waals surface area (Å²) in [5.74, 6) is 0.458. The lowest BCUT2D eigenvalue weighted by atomic mass is 9.93. The maximum atomic E-state index is 3.45. The molecule has 0 radical (unpaired) electrons.